The lowest BCUT2D eigenvalue weighted by Gasteiger charge is -2.10. The van der Waals surface area contributed by atoms with Crippen molar-refractivity contribution in [1.82, 2.24) is 10.6 Å². The minimum Gasteiger partial charge on any atom is -0.362 e. The van der Waals surface area contributed by atoms with Crippen LogP contribution in [0.5, 0.6) is 0 Å². The van der Waals surface area contributed by atoms with Crippen LogP contribution in [0.2, 0.25) is 0 Å². The lowest BCUT2D eigenvalue weighted by molar-refractivity contribution is 0.457. The molecule has 0 unspecified atom stereocenters. The largest absolute Gasteiger partial charge is 0.362 e. The van der Waals surface area contributed by atoms with E-state index in [1.807, 2.05) is 0 Å². The van der Waals surface area contributed by atoms with E-state index in [9.17, 15) is 0 Å². The van der Waals surface area contributed by atoms with Gasteiger partial charge in [0.05, 0.1) is 0 Å². The SMILES string of the molecule is CC1(C)C(CNC(=S)NC2CC2)C1(C)C. The minimum atomic E-state index is 0.454. The van der Waals surface area contributed by atoms with Crippen molar-refractivity contribution in [2.75, 3.05) is 6.54 Å². The molecule has 2 N–H and O–H groups in total. The summed E-state index contributed by atoms with van der Waals surface area (Å²) in [6, 6.07) is 0.658. The van der Waals surface area contributed by atoms with Crippen LogP contribution in [0, 0.1) is 16.7 Å². The predicted octanol–water partition coefficient (Wildman–Crippen LogP) is 2.30. The van der Waals surface area contributed by atoms with E-state index < -0.39 is 0 Å². The molecule has 2 rings (SSSR count). The van der Waals surface area contributed by atoms with Crippen LogP contribution in [0.25, 0.3) is 0 Å². The molecule has 0 aromatic rings. The topological polar surface area (TPSA) is 24.1 Å². The summed E-state index contributed by atoms with van der Waals surface area (Å²) in [7, 11) is 0. The van der Waals surface area contributed by atoms with Gasteiger partial charge in [-0.3, -0.25) is 0 Å². The molecule has 0 bridgehead atoms. The summed E-state index contributed by atoms with van der Waals surface area (Å²) < 4.78 is 0. The molecule has 3 heteroatoms. The maximum Gasteiger partial charge on any atom is 0.166 e. The van der Waals surface area contributed by atoms with Crippen molar-refractivity contribution >= 4 is 17.3 Å². The molecule has 0 radical (unpaired) electrons. The Hall–Kier alpha value is -0.310. The van der Waals surface area contributed by atoms with Gasteiger partial charge >= 0.3 is 0 Å². The molecular formula is C12H22N2S. The summed E-state index contributed by atoms with van der Waals surface area (Å²) in [6.07, 6.45) is 2.56. The quantitative estimate of drug-likeness (QED) is 0.722. The highest BCUT2D eigenvalue weighted by Gasteiger charge is 2.64. The predicted molar refractivity (Wildman–Crippen MR) is 67.8 cm³/mol. The zero-order valence-corrected chi connectivity index (χ0v) is 11.0. The average Bonchev–Trinajstić information content (AvgIpc) is 2.93. The van der Waals surface area contributed by atoms with Crippen LogP contribution < -0.4 is 10.6 Å². The van der Waals surface area contributed by atoms with Crippen LogP contribution in [-0.4, -0.2) is 17.7 Å². The van der Waals surface area contributed by atoms with E-state index in [1.54, 1.807) is 0 Å². The molecule has 2 aliphatic rings. The molecule has 15 heavy (non-hydrogen) atoms. The van der Waals surface area contributed by atoms with E-state index in [-0.39, 0.29) is 0 Å². The Kier molecular flexibility index (Phi) is 2.49. The normalized spacial score (nSPS) is 27.2. The van der Waals surface area contributed by atoms with Gasteiger partial charge < -0.3 is 10.6 Å². The smallest absolute Gasteiger partial charge is 0.166 e. The molecule has 0 aromatic carbocycles. The lowest BCUT2D eigenvalue weighted by Crippen LogP contribution is -2.38. The Balaban J connectivity index is 1.72. The highest BCUT2D eigenvalue weighted by molar-refractivity contribution is 7.80. The minimum absolute atomic E-state index is 0.454. The molecule has 0 heterocycles. The Bertz CT molecular complexity index is 265. The molecule has 0 saturated heterocycles. The Morgan fingerprint density at radius 2 is 1.73 bits per heavy atom. The molecule has 2 aliphatic carbocycles. The highest BCUT2D eigenvalue weighted by atomic mass is 32.1. The van der Waals surface area contributed by atoms with E-state index in [1.165, 1.54) is 12.8 Å². The maximum absolute atomic E-state index is 5.24. The van der Waals surface area contributed by atoms with Crippen LogP contribution in [0.4, 0.5) is 0 Å². The van der Waals surface area contributed by atoms with Crippen molar-refractivity contribution < 1.29 is 0 Å². The molecular weight excluding hydrogens is 204 g/mol. The number of thiocarbonyl (C=S) groups is 1. The summed E-state index contributed by atoms with van der Waals surface area (Å²) in [5.41, 5.74) is 0.907. The third-order valence-corrected chi connectivity index (χ3v) is 4.96. The monoisotopic (exact) mass is 226 g/mol. The van der Waals surface area contributed by atoms with Gasteiger partial charge in [0.2, 0.25) is 0 Å². The molecule has 0 aliphatic heterocycles. The third kappa shape index (κ3) is 1.99. The Labute approximate surface area is 98.2 Å². The van der Waals surface area contributed by atoms with Gasteiger partial charge in [0, 0.05) is 12.6 Å². The van der Waals surface area contributed by atoms with Gasteiger partial charge in [0.1, 0.15) is 0 Å². The molecule has 0 atom stereocenters. The van der Waals surface area contributed by atoms with Gasteiger partial charge in [0.15, 0.2) is 5.11 Å². The van der Waals surface area contributed by atoms with Crippen molar-refractivity contribution in [2.45, 2.75) is 46.6 Å². The summed E-state index contributed by atoms with van der Waals surface area (Å²) >= 11 is 5.24. The van der Waals surface area contributed by atoms with Gasteiger partial charge in [-0.25, -0.2) is 0 Å². The summed E-state index contributed by atoms with van der Waals surface area (Å²) in [5.74, 6) is 0.740. The number of hydrogen-bond donors (Lipinski definition) is 2. The van der Waals surface area contributed by atoms with E-state index in [0.717, 1.165) is 17.6 Å². The van der Waals surface area contributed by atoms with Gasteiger partial charge in [-0.1, -0.05) is 27.7 Å². The first kappa shape index (κ1) is 11.2. The maximum atomic E-state index is 5.24. The fourth-order valence-corrected chi connectivity index (χ4v) is 2.75. The second-order valence-electron chi connectivity index (χ2n) is 6.12. The number of rotatable bonds is 3. The van der Waals surface area contributed by atoms with Gasteiger partial charge in [-0.2, -0.15) is 0 Å². The van der Waals surface area contributed by atoms with Crippen molar-refractivity contribution in [2.24, 2.45) is 16.7 Å². The van der Waals surface area contributed by atoms with Gasteiger partial charge in [-0.05, 0) is 41.8 Å². The molecule has 2 nitrogen and oxygen atoms in total. The van der Waals surface area contributed by atoms with Crippen LogP contribution in [0.15, 0.2) is 0 Å². The average molecular weight is 226 g/mol. The van der Waals surface area contributed by atoms with E-state index in [2.05, 4.69) is 38.3 Å². The standard InChI is InChI=1S/C12H22N2S/c1-11(2)9(12(11,3)4)7-13-10(15)14-8-5-6-8/h8-9H,5-7H2,1-4H3,(H2,13,14,15). The zero-order valence-electron chi connectivity index (χ0n) is 10.2. The Morgan fingerprint density at radius 1 is 1.20 bits per heavy atom. The van der Waals surface area contributed by atoms with E-state index >= 15 is 0 Å². The summed E-state index contributed by atoms with van der Waals surface area (Å²) in [5, 5.41) is 7.50. The highest BCUT2D eigenvalue weighted by Crippen LogP contribution is 2.67. The number of nitrogens with one attached hydrogen (secondary N) is 2. The second kappa shape index (κ2) is 3.34. The van der Waals surface area contributed by atoms with Crippen molar-refractivity contribution in [3.8, 4) is 0 Å². The summed E-state index contributed by atoms with van der Waals surface area (Å²) in [6.45, 7) is 10.4. The second-order valence-corrected chi connectivity index (χ2v) is 6.53. The Morgan fingerprint density at radius 3 is 2.13 bits per heavy atom. The van der Waals surface area contributed by atoms with Crippen molar-refractivity contribution in [3.63, 3.8) is 0 Å². The zero-order chi connectivity index (χ0) is 11.3. The lowest BCUT2D eigenvalue weighted by atomic mass is 10.0. The first-order valence-corrected chi connectivity index (χ1v) is 6.31. The van der Waals surface area contributed by atoms with Crippen LogP contribution in [-0.2, 0) is 0 Å². The van der Waals surface area contributed by atoms with Crippen molar-refractivity contribution in [3.05, 3.63) is 0 Å². The fraction of sp³-hybridized carbons (Fsp3) is 0.917. The fourth-order valence-electron chi connectivity index (χ4n) is 2.50. The molecule has 0 aromatic heterocycles. The van der Waals surface area contributed by atoms with E-state index in [0.29, 0.717) is 16.9 Å². The van der Waals surface area contributed by atoms with Gasteiger partial charge in [-0.15, -0.1) is 0 Å². The summed E-state index contributed by atoms with van der Waals surface area (Å²) in [4.78, 5) is 0. The van der Waals surface area contributed by atoms with Crippen LogP contribution >= 0.6 is 12.2 Å². The van der Waals surface area contributed by atoms with E-state index in [4.69, 9.17) is 12.2 Å². The molecule has 2 saturated carbocycles. The van der Waals surface area contributed by atoms with Crippen LogP contribution in [0.1, 0.15) is 40.5 Å². The molecule has 2 fully saturated rings. The first-order valence-electron chi connectivity index (χ1n) is 5.90. The van der Waals surface area contributed by atoms with Gasteiger partial charge in [0.25, 0.3) is 0 Å². The molecule has 86 valence electrons. The molecule has 0 amide bonds. The van der Waals surface area contributed by atoms with Crippen LogP contribution in [0.3, 0.4) is 0 Å². The first-order chi connectivity index (χ1) is 6.85. The van der Waals surface area contributed by atoms with Crippen molar-refractivity contribution in [1.29, 1.82) is 0 Å². The third-order valence-electron chi connectivity index (χ3n) is 4.70. The molecule has 0 spiro atoms. The number of hydrogen-bond acceptors (Lipinski definition) is 1.